The fourth-order valence-corrected chi connectivity index (χ4v) is 3.81. The molecule has 0 aliphatic rings. The minimum Gasteiger partial charge on any atom is -0.490 e. The first-order valence-corrected chi connectivity index (χ1v) is 12.4. The number of amides is 1. The van der Waals surface area contributed by atoms with E-state index in [4.69, 9.17) is 4.74 Å². The molecular weight excluding hydrogens is 454 g/mol. The second kappa shape index (κ2) is 13.1. The lowest BCUT2D eigenvalue weighted by Gasteiger charge is -2.19. The van der Waals surface area contributed by atoms with E-state index in [1.165, 1.54) is 0 Å². The Morgan fingerprint density at radius 1 is 1.14 bits per heavy atom. The summed E-state index contributed by atoms with van der Waals surface area (Å²) in [5.41, 5.74) is 3.12. The summed E-state index contributed by atoms with van der Waals surface area (Å²) in [4.78, 5) is 16.5. The number of hydrogen-bond acceptors (Lipinski definition) is 5. The topological polar surface area (TPSA) is 107 Å². The third kappa shape index (κ3) is 7.59. The van der Waals surface area contributed by atoms with Crippen molar-refractivity contribution in [2.75, 3.05) is 19.7 Å². The Balaban J connectivity index is 1.73. The SMILES string of the molecule is CC(C)Oc1ccc(C#CCNCC(C)[C@@H](C)O)cc1C(=O)N[C@@H](CO)Cc1c[nH]c2ccccc12. The van der Waals surface area contributed by atoms with Crippen molar-refractivity contribution in [1.82, 2.24) is 15.6 Å². The standard InChI is InChI=1S/C29H37N3O4/c1-19(2)36-28-12-11-22(8-7-13-30-16-20(3)21(4)34)14-26(28)29(35)32-24(18-33)15-23-17-31-27-10-6-5-9-25(23)27/h5-6,9-12,14,17,19-21,24,30-31,33-34H,13,15-16,18H2,1-4H3,(H,32,35)/t20?,21-,24-/m1/s1. The zero-order valence-corrected chi connectivity index (χ0v) is 21.5. The van der Waals surface area contributed by atoms with Gasteiger partial charge in [-0.3, -0.25) is 4.79 Å². The number of hydrogen-bond donors (Lipinski definition) is 5. The van der Waals surface area contributed by atoms with Gasteiger partial charge in [0, 0.05) is 29.2 Å². The third-order valence-electron chi connectivity index (χ3n) is 6.02. The van der Waals surface area contributed by atoms with Gasteiger partial charge in [0.2, 0.25) is 0 Å². The van der Waals surface area contributed by atoms with E-state index in [1.54, 1.807) is 19.1 Å². The van der Waals surface area contributed by atoms with Gasteiger partial charge >= 0.3 is 0 Å². The number of aromatic amines is 1. The van der Waals surface area contributed by atoms with Crippen molar-refractivity contribution >= 4 is 16.8 Å². The third-order valence-corrected chi connectivity index (χ3v) is 6.02. The fraction of sp³-hybridized carbons (Fsp3) is 0.414. The summed E-state index contributed by atoms with van der Waals surface area (Å²) in [5.74, 6) is 6.43. The molecule has 3 aromatic rings. The fourth-order valence-electron chi connectivity index (χ4n) is 3.81. The zero-order valence-electron chi connectivity index (χ0n) is 21.5. The minimum absolute atomic E-state index is 0.103. The van der Waals surface area contributed by atoms with Crippen LogP contribution < -0.4 is 15.4 Å². The molecule has 0 aliphatic heterocycles. The average Bonchev–Trinajstić information content (AvgIpc) is 3.26. The molecule has 5 N–H and O–H groups in total. The van der Waals surface area contributed by atoms with Crippen molar-refractivity contribution in [2.24, 2.45) is 5.92 Å². The number of ether oxygens (including phenoxy) is 1. The number of aliphatic hydroxyl groups excluding tert-OH is 2. The summed E-state index contributed by atoms with van der Waals surface area (Å²) in [6.45, 7) is 8.50. The molecule has 2 aromatic carbocycles. The van der Waals surface area contributed by atoms with Crippen LogP contribution in [-0.2, 0) is 6.42 Å². The number of benzene rings is 2. The Kier molecular flexibility index (Phi) is 9.95. The number of H-pyrrole nitrogens is 1. The predicted octanol–water partition coefficient (Wildman–Crippen LogP) is 3.25. The highest BCUT2D eigenvalue weighted by molar-refractivity contribution is 5.97. The lowest BCUT2D eigenvalue weighted by Crippen LogP contribution is -2.39. The Bertz CT molecular complexity index is 1210. The molecule has 7 nitrogen and oxygen atoms in total. The van der Waals surface area contributed by atoms with Crippen LogP contribution in [0.25, 0.3) is 10.9 Å². The minimum atomic E-state index is -0.460. The quantitative estimate of drug-likeness (QED) is 0.209. The maximum absolute atomic E-state index is 13.3. The molecule has 1 amide bonds. The van der Waals surface area contributed by atoms with Gasteiger partial charge in [-0.15, -0.1) is 0 Å². The molecule has 192 valence electrons. The Morgan fingerprint density at radius 3 is 2.64 bits per heavy atom. The van der Waals surface area contributed by atoms with Gasteiger partial charge in [0.25, 0.3) is 5.91 Å². The summed E-state index contributed by atoms with van der Waals surface area (Å²) in [5, 5.41) is 26.8. The summed E-state index contributed by atoms with van der Waals surface area (Å²) in [6.07, 6.45) is 1.92. The van der Waals surface area contributed by atoms with E-state index < -0.39 is 6.04 Å². The highest BCUT2D eigenvalue weighted by atomic mass is 16.5. The number of carbonyl (C=O) groups is 1. The predicted molar refractivity (Wildman–Crippen MR) is 143 cm³/mol. The monoisotopic (exact) mass is 491 g/mol. The largest absolute Gasteiger partial charge is 0.490 e. The maximum Gasteiger partial charge on any atom is 0.255 e. The summed E-state index contributed by atoms with van der Waals surface area (Å²) in [6, 6.07) is 12.8. The van der Waals surface area contributed by atoms with Crippen LogP contribution in [0.4, 0.5) is 0 Å². The summed E-state index contributed by atoms with van der Waals surface area (Å²) >= 11 is 0. The van der Waals surface area contributed by atoms with Gasteiger partial charge in [-0.25, -0.2) is 0 Å². The molecule has 1 unspecified atom stereocenters. The molecule has 0 bridgehead atoms. The first-order valence-electron chi connectivity index (χ1n) is 12.4. The highest BCUT2D eigenvalue weighted by Gasteiger charge is 2.19. The molecule has 1 heterocycles. The molecule has 0 saturated carbocycles. The zero-order chi connectivity index (χ0) is 26.1. The van der Waals surface area contributed by atoms with Crippen LogP contribution in [0.5, 0.6) is 5.75 Å². The smallest absolute Gasteiger partial charge is 0.255 e. The van der Waals surface area contributed by atoms with Crippen molar-refractivity contribution in [1.29, 1.82) is 0 Å². The van der Waals surface area contributed by atoms with E-state index in [9.17, 15) is 15.0 Å². The Morgan fingerprint density at radius 2 is 1.92 bits per heavy atom. The average molecular weight is 492 g/mol. The number of nitrogens with one attached hydrogen (secondary N) is 3. The maximum atomic E-state index is 13.3. The van der Waals surface area contributed by atoms with E-state index >= 15 is 0 Å². The van der Waals surface area contributed by atoms with Crippen molar-refractivity contribution in [3.8, 4) is 17.6 Å². The van der Waals surface area contributed by atoms with E-state index in [1.807, 2.05) is 57.3 Å². The van der Waals surface area contributed by atoms with Gasteiger partial charge in [0.05, 0.1) is 37.0 Å². The normalized spacial score (nSPS) is 13.6. The van der Waals surface area contributed by atoms with Gasteiger partial charge in [-0.2, -0.15) is 0 Å². The molecule has 3 rings (SSSR count). The summed E-state index contributed by atoms with van der Waals surface area (Å²) in [7, 11) is 0. The molecule has 0 aliphatic carbocycles. The van der Waals surface area contributed by atoms with Gasteiger partial charge < -0.3 is 30.6 Å². The van der Waals surface area contributed by atoms with E-state index in [0.717, 1.165) is 16.5 Å². The molecule has 3 atom stereocenters. The van der Waals surface area contributed by atoms with E-state index in [2.05, 4.69) is 27.5 Å². The van der Waals surface area contributed by atoms with Crippen LogP contribution in [0.3, 0.4) is 0 Å². The molecule has 0 radical (unpaired) electrons. The molecule has 0 fully saturated rings. The number of aromatic nitrogens is 1. The summed E-state index contributed by atoms with van der Waals surface area (Å²) < 4.78 is 5.88. The van der Waals surface area contributed by atoms with Gasteiger partial charge in [0.1, 0.15) is 5.75 Å². The van der Waals surface area contributed by atoms with Gasteiger partial charge in [-0.05, 0) is 62.9 Å². The Labute approximate surface area is 213 Å². The second-order valence-electron chi connectivity index (χ2n) is 9.44. The molecule has 7 heteroatoms. The first kappa shape index (κ1) is 27.3. The Hall–Kier alpha value is -3.31. The van der Waals surface area contributed by atoms with Gasteiger partial charge in [0.15, 0.2) is 0 Å². The number of para-hydroxylation sites is 1. The van der Waals surface area contributed by atoms with Crippen LogP contribution in [-0.4, -0.2) is 59.1 Å². The first-order chi connectivity index (χ1) is 17.3. The molecule has 36 heavy (non-hydrogen) atoms. The second-order valence-corrected chi connectivity index (χ2v) is 9.44. The molecular formula is C29H37N3O4. The van der Waals surface area contributed by atoms with Crippen LogP contribution in [0.1, 0.15) is 49.2 Å². The van der Waals surface area contributed by atoms with Crippen molar-refractivity contribution < 1.29 is 19.7 Å². The highest BCUT2D eigenvalue weighted by Crippen LogP contribution is 2.23. The van der Waals surface area contributed by atoms with Crippen molar-refractivity contribution in [2.45, 2.75) is 52.4 Å². The van der Waals surface area contributed by atoms with Crippen LogP contribution in [0.2, 0.25) is 0 Å². The van der Waals surface area contributed by atoms with Crippen LogP contribution >= 0.6 is 0 Å². The van der Waals surface area contributed by atoms with E-state index in [0.29, 0.717) is 36.4 Å². The molecule has 0 saturated heterocycles. The van der Waals surface area contributed by atoms with Gasteiger partial charge in [-0.1, -0.05) is 37.0 Å². The lowest BCUT2D eigenvalue weighted by atomic mass is 10.0. The van der Waals surface area contributed by atoms with E-state index in [-0.39, 0.29) is 30.6 Å². The van der Waals surface area contributed by atoms with Crippen molar-refractivity contribution in [3.05, 3.63) is 65.4 Å². The van der Waals surface area contributed by atoms with Crippen molar-refractivity contribution in [3.63, 3.8) is 0 Å². The van der Waals surface area contributed by atoms with Crippen LogP contribution in [0, 0.1) is 17.8 Å². The lowest BCUT2D eigenvalue weighted by molar-refractivity contribution is 0.0910. The number of carbonyl (C=O) groups excluding carboxylic acids is 1. The number of fused-ring (bicyclic) bond motifs is 1. The number of rotatable bonds is 11. The molecule has 1 aromatic heterocycles. The molecule has 0 spiro atoms. The number of aliphatic hydroxyl groups is 2. The van der Waals surface area contributed by atoms with Crippen LogP contribution in [0.15, 0.2) is 48.7 Å².